The fourth-order valence-corrected chi connectivity index (χ4v) is 4.04. The molecule has 4 rings (SSSR count). The molecule has 0 saturated carbocycles. The summed E-state index contributed by atoms with van der Waals surface area (Å²) >= 11 is 0. The smallest absolute Gasteiger partial charge is 0.312 e. The second-order valence-electron chi connectivity index (χ2n) is 7.98. The largest absolute Gasteiger partial charge is 0.332 e. The van der Waals surface area contributed by atoms with Gasteiger partial charge in [0.05, 0.1) is 0 Å². The van der Waals surface area contributed by atoms with Crippen LogP contribution in [0, 0.1) is 19.8 Å². The molecule has 3 heterocycles. The van der Waals surface area contributed by atoms with Gasteiger partial charge in [-0.2, -0.15) is 4.98 Å². The number of aromatic nitrogens is 4. The lowest BCUT2D eigenvalue weighted by Gasteiger charge is -2.33. The first kappa shape index (κ1) is 18.5. The monoisotopic (exact) mass is 381 g/mol. The second kappa shape index (κ2) is 6.65. The van der Waals surface area contributed by atoms with E-state index in [0.29, 0.717) is 30.2 Å². The van der Waals surface area contributed by atoms with Gasteiger partial charge in [-0.05, 0) is 49.4 Å². The van der Waals surface area contributed by atoms with E-state index in [-0.39, 0.29) is 11.2 Å². The van der Waals surface area contributed by atoms with E-state index in [1.807, 2.05) is 11.5 Å². The Morgan fingerprint density at radius 2 is 1.89 bits per heavy atom. The number of aryl methyl sites for hydroxylation is 3. The normalized spacial score (nSPS) is 16.6. The van der Waals surface area contributed by atoms with Crippen molar-refractivity contribution >= 4 is 22.8 Å². The molecule has 0 unspecified atom stereocenters. The van der Waals surface area contributed by atoms with Gasteiger partial charge in [0.15, 0.2) is 11.2 Å². The van der Waals surface area contributed by atoms with Crippen molar-refractivity contribution in [2.45, 2.75) is 47.2 Å². The van der Waals surface area contributed by atoms with Gasteiger partial charge in [0, 0.05) is 32.4 Å². The molecular weight excluding hydrogens is 354 g/mol. The molecular formula is C21H27N5O2. The predicted octanol–water partition coefficient (Wildman–Crippen LogP) is 2.71. The summed E-state index contributed by atoms with van der Waals surface area (Å²) < 4.78 is 4.82. The minimum absolute atomic E-state index is 0.243. The Bertz CT molecular complexity index is 1180. The minimum Gasteiger partial charge on any atom is -0.312 e. The lowest BCUT2D eigenvalue weighted by Crippen LogP contribution is -2.40. The molecule has 7 nitrogen and oxygen atoms in total. The highest BCUT2D eigenvalue weighted by molar-refractivity contribution is 5.77. The van der Waals surface area contributed by atoms with Crippen molar-refractivity contribution in [1.29, 1.82) is 0 Å². The third-order valence-corrected chi connectivity index (χ3v) is 5.69. The van der Waals surface area contributed by atoms with Crippen molar-refractivity contribution in [2.24, 2.45) is 13.0 Å². The fourth-order valence-electron chi connectivity index (χ4n) is 4.04. The number of fused-ring (bicyclic) bond motifs is 3. The minimum atomic E-state index is -0.305. The van der Waals surface area contributed by atoms with Gasteiger partial charge in [-0.1, -0.05) is 19.9 Å². The van der Waals surface area contributed by atoms with E-state index in [1.165, 1.54) is 20.3 Å². The van der Waals surface area contributed by atoms with Gasteiger partial charge < -0.3 is 9.47 Å². The first-order valence-corrected chi connectivity index (χ1v) is 9.88. The van der Waals surface area contributed by atoms with Crippen molar-refractivity contribution in [1.82, 2.24) is 18.7 Å². The molecule has 2 aromatic heterocycles. The molecule has 7 heteroatoms. The van der Waals surface area contributed by atoms with Crippen molar-refractivity contribution in [3.05, 3.63) is 50.2 Å². The molecule has 0 fully saturated rings. The van der Waals surface area contributed by atoms with E-state index < -0.39 is 0 Å². The van der Waals surface area contributed by atoms with E-state index in [9.17, 15) is 9.59 Å². The van der Waals surface area contributed by atoms with Gasteiger partial charge in [-0.3, -0.25) is 13.9 Å². The van der Waals surface area contributed by atoms with Crippen LogP contribution in [0.15, 0.2) is 27.8 Å². The maximum atomic E-state index is 13.1. The molecule has 0 aliphatic carbocycles. The summed E-state index contributed by atoms with van der Waals surface area (Å²) in [6.45, 7) is 10.3. The number of hydrogen-bond acceptors (Lipinski definition) is 4. The first-order chi connectivity index (χ1) is 13.3. The molecule has 0 radical (unpaired) electrons. The summed E-state index contributed by atoms with van der Waals surface area (Å²) in [6.07, 6.45) is 0.729. The molecule has 0 amide bonds. The third kappa shape index (κ3) is 2.68. The van der Waals surface area contributed by atoms with E-state index in [4.69, 9.17) is 4.98 Å². The Balaban J connectivity index is 2.00. The van der Waals surface area contributed by atoms with Crippen LogP contribution in [0.4, 0.5) is 11.6 Å². The van der Waals surface area contributed by atoms with Crippen LogP contribution in [-0.4, -0.2) is 25.2 Å². The van der Waals surface area contributed by atoms with Crippen LogP contribution in [0.1, 0.15) is 31.4 Å². The van der Waals surface area contributed by atoms with Crippen molar-refractivity contribution in [3.8, 4) is 0 Å². The highest BCUT2D eigenvalue weighted by atomic mass is 16.2. The highest BCUT2D eigenvalue weighted by Gasteiger charge is 2.29. The molecule has 1 aliphatic rings. The molecule has 1 aromatic carbocycles. The lowest BCUT2D eigenvalue weighted by molar-refractivity contribution is 0.457. The summed E-state index contributed by atoms with van der Waals surface area (Å²) in [5.74, 6) is 1.08. The third-order valence-electron chi connectivity index (χ3n) is 5.69. The zero-order valence-electron chi connectivity index (χ0n) is 17.2. The first-order valence-electron chi connectivity index (χ1n) is 9.88. The zero-order valence-corrected chi connectivity index (χ0v) is 17.2. The van der Waals surface area contributed by atoms with Gasteiger partial charge in [-0.15, -0.1) is 0 Å². The van der Waals surface area contributed by atoms with Crippen LogP contribution in [-0.2, 0) is 20.1 Å². The topological polar surface area (TPSA) is 65.1 Å². The fraction of sp³-hybridized carbons (Fsp3) is 0.476. The lowest BCUT2D eigenvalue weighted by atomic mass is 10.1. The Morgan fingerprint density at radius 3 is 2.57 bits per heavy atom. The maximum absolute atomic E-state index is 13.1. The molecule has 0 bridgehead atoms. The highest BCUT2D eigenvalue weighted by Crippen LogP contribution is 2.33. The van der Waals surface area contributed by atoms with E-state index >= 15 is 0 Å². The number of nitrogens with zero attached hydrogens (tertiary/aromatic N) is 5. The molecule has 148 valence electrons. The Labute approximate surface area is 163 Å². The molecule has 3 aromatic rings. The molecule has 1 aliphatic heterocycles. The zero-order chi connectivity index (χ0) is 20.2. The van der Waals surface area contributed by atoms with Crippen molar-refractivity contribution < 1.29 is 0 Å². The van der Waals surface area contributed by atoms with Crippen molar-refractivity contribution in [3.63, 3.8) is 0 Å². The Hall–Kier alpha value is -2.83. The van der Waals surface area contributed by atoms with Gasteiger partial charge in [0.1, 0.15) is 0 Å². The number of hydrogen-bond donors (Lipinski definition) is 0. The predicted molar refractivity (Wildman–Crippen MR) is 112 cm³/mol. The van der Waals surface area contributed by atoms with Crippen LogP contribution in [0.3, 0.4) is 0 Å². The van der Waals surface area contributed by atoms with Gasteiger partial charge in [0.2, 0.25) is 5.95 Å². The Kier molecular flexibility index (Phi) is 4.40. The average Bonchev–Trinajstić information content (AvgIpc) is 3.04. The van der Waals surface area contributed by atoms with Crippen LogP contribution in [0.5, 0.6) is 0 Å². The summed E-state index contributed by atoms with van der Waals surface area (Å²) in [6, 6.07) is 6.37. The van der Waals surface area contributed by atoms with E-state index in [2.05, 4.69) is 43.9 Å². The Morgan fingerprint density at radius 1 is 1.14 bits per heavy atom. The number of anilines is 2. The van der Waals surface area contributed by atoms with Gasteiger partial charge >= 0.3 is 5.69 Å². The van der Waals surface area contributed by atoms with Crippen LogP contribution in [0.2, 0.25) is 0 Å². The molecule has 0 spiro atoms. The summed E-state index contributed by atoms with van der Waals surface area (Å²) in [7, 11) is 1.69. The van der Waals surface area contributed by atoms with Crippen LogP contribution >= 0.6 is 0 Å². The summed E-state index contributed by atoms with van der Waals surface area (Å²) in [5, 5.41) is 0. The maximum Gasteiger partial charge on any atom is 0.332 e. The van der Waals surface area contributed by atoms with Crippen LogP contribution < -0.4 is 16.1 Å². The SMILES string of the molecule is CCCn1c(=O)c2c(nc3n2C[C@H](C)CN3c2ccc(C)c(C)c2)n(C)c1=O. The number of benzene rings is 1. The summed E-state index contributed by atoms with van der Waals surface area (Å²) in [4.78, 5) is 32.7. The number of imidazole rings is 1. The molecule has 0 N–H and O–H groups in total. The standard InChI is InChI=1S/C21H27N5O2/c1-6-9-24-19(27)17-18(23(5)21(24)28)22-20-25(11-13(2)12-26(17)20)16-8-7-14(3)15(4)10-16/h7-8,10,13H,6,9,11-12H2,1-5H3/t13-/m1/s1. The van der Waals surface area contributed by atoms with Crippen molar-refractivity contribution in [2.75, 3.05) is 11.4 Å². The molecule has 0 saturated heterocycles. The average molecular weight is 381 g/mol. The second-order valence-corrected chi connectivity index (χ2v) is 7.98. The van der Waals surface area contributed by atoms with E-state index in [1.54, 1.807) is 7.05 Å². The quantitative estimate of drug-likeness (QED) is 0.700. The summed E-state index contributed by atoms with van der Waals surface area (Å²) in [5.41, 5.74) is 3.95. The van der Waals surface area contributed by atoms with Gasteiger partial charge in [-0.25, -0.2) is 4.79 Å². The molecule has 28 heavy (non-hydrogen) atoms. The molecule has 1 atom stereocenters. The number of rotatable bonds is 3. The van der Waals surface area contributed by atoms with E-state index in [0.717, 1.165) is 24.6 Å². The van der Waals surface area contributed by atoms with Gasteiger partial charge in [0.25, 0.3) is 5.56 Å². The van der Waals surface area contributed by atoms with Crippen LogP contribution in [0.25, 0.3) is 11.2 Å².